The van der Waals surface area contributed by atoms with E-state index in [1.54, 1.807) is 11.3 Å². The number of likely N-dealkylation sites (tertiary alicyclic amines) is 1. The van der Waals surface area contributed by atoms with Gasteiger partial charge in [0.1, 0.15) is 0 Å². The minimum absolute atomic E-state index is 0.170. The third-order valence-electron chi connectivity index (χ3n) is 8.15. The van der Waals surface area contributed by atoms with E-state index in [-0.39, 0.29) is 6.54 Å². The Kier molecular flexibility index (Phi) is 7.68. The number of nitrogens with zero attached hydrogens (tertiary/aromatic N) is 5. The van der Waals surface area contributed by atoms with Crippen molar-refractivity contribution in [2.75, 3.05) is 32.4 Å². The number of fused-ring (bicyclic) bond motifs is 2. The average Bonchev–Trinajstić information content (AvgIpc) is 3.54. The number of aryl methyl sites for hydroxylation is 1. The second kappa shape index (κ2) is 11.1. The van der Waals surface area contributed by atoms with Gasteiger partial charge >= 0.3 is 6.18 Å². The lowest BCUT2D eigenvalue weighted by Gasteiger charge is -2.31. The number of aromatic nitrogens is 3. The molecule has 0 unspecified atom stereocenters. The first-order chi connectivity index (χ1) is 19.6. The maximum atomic E-state index is 13.1. The molecule has 2 aliphatic heterocycles. The van der Waals surface area contributed by atoms with Crippen LogP contribution in [0.4, 0.5) is 13.2 Å². The van der Waals surface area contributed by atoms with Crippen LogP contribution in [0.2, 0.25) is 0 Å². The fourth-order valence-corrected chi connectivity index (χ4v) is 7.82. The van der Waals surface area contributed by atoms with Crippen molar-refractivity contribution in [3.05, 3.63) is 70.4 Å². The molecular weight excluding hydrogens is 571 g/mol. The van der Waals surface area contributed by atoms with Gasteiger partial charge in [-0.25, -0.2) is 13.4 Å². The summed E-state index contributed by atoms with van der Waals surface area (Å²) in [4.78, 5) is 7.33. The highest BCUT2D eigenvalue weighted by molar-refractivity contribution is 7.88. The molecular formula is C29H32F3N5O2S2. The number of para-hydroxylation sites is 1. The molecule has 218 valence electrons. The maximum absolute atomic E-state index is 13.1. The second-order valence-corrected chi connectivity index (χ2v) is 14.0. The molecule has 2 aliphatic rings. The van der Waals surface area contributed by atoms with Crippen LogP contribution in [0.5, 0.6) is 0 Å². The summed E-state index contributed by atoms with van der Waals surface area (Å²) in [5, 5.41) is 6.04. The van der Waals surface area contributed by atoms with E-state index in [4.69, 9.17) is 10.1 Å². The number of sulfonamides is 1. The van der Waals surface area contributed by atoms with Crippen LogP contribution in [0.25, 0.3) is 21.5 Å². The number of thiazole rings is 1. The lowest BCUT2D eigenvalue weighted by molar-refractivity contribution is -0.137. The van der Waals surface area contributed by atoms with Gasteiger partial charge in [-0.15, -0.1) is 11.3 Å². The third kappa shape index (κ3) is 6.06. The van der Waals surface area contributed by atoms with E-state index in [9.17, 15) is 21.6 Å². The molecule has 4 heterocycles. The zero-order valence-corrected chi connectivity index (χ0v) is 24.4. The van der Waals surface area contributed by atoms with E-state index >= 15 is 0 Å². The van der Waals surface area contributed by atoms with Gasteiger partial charge in [-0.3, -0.25) is 4.68 Å². The van der Waals surface area contributed by atoms with Crippen LogP contribution in [0.3, 0.4) is 0 Å². The zero-order chi connectivity index (χ0) is 28.8. The Hall–Kier alpha value is -2.80. The molecule has 4 aromatic rings. The van der Waals surface area contributed by atoms with Crippen molar-refractivity contribution in [3.8, 4) is 11.3 Å². The first kappa shape index (κ1) is 28.3. The summed E-state index contributed by atoms with van der Waals surface area (Å²) in [6.45, 7) is 4.15. The van der Waals surface area contributed by atoms with E-state index in [1.165, 1.54) is 32.4 Å². The van der Waals surface area contributed by atoms with Crippen molar-refractivity contribution in [2.24, 2.45) is 0 Å². The summed E-state index contributed by atoms with van der Waals surface area (Å²) < 4.78 is 68.5. The number of halogens is 3. The molecule has 2 aromatic carbocycles. The predicted octanol–water partition coefficient (Wildman–Crippen LogP) is 5.77. The second-order valence-electron chi connectivity index (χ2n) is 10.9. The summed E-state index contributed by atoms with van der Waals surface area (Å²) in [5.74, 6) is 0.492. The van der Waals surface area contributed by atoms with Gasteiger partial charge in [-0.1, -0.05) is 24.3 Å². The molecule has 6 rings (SSSR count). The molecule has 41 heavy (non-hydrogen) atoms. The maximum Gasteiger partial charge on any atom is 0.416 e. The van der Waals surface area contributed by atoms with Gasteiger partial charge in [0, 0.05) is 48.8 Å². The Balaban J connectivity index is 1.13. The summed E-state index contributed by atoms with van der Waals surface area (Å²) in [6.07, 6.45) is 0.312. The molecule has 0 atom stereocenters. The van der Waals surface area contributed by atoms with Crippen molar-refractivity contribution in [3.63, 3.8) is 0 Å². The van der Waals surface area contributed by atoms with Gasteiger partial charge in [0.2, 0.25) is 10.0 Å². The van der Waals surface area contributed by atoms with E-state index in [1.807, 2.05) is 10.7 Å². The first-order valence-corrected chi connectivity index (χ1v) is 16.5. The Labute approximate surface area is 241 Å². The highest BCUT2D eigenvalue weighted by atomic mass is 32.2. The SMILES string of the molecule is CS(=O)(=O)N1CCc2c(c(-c3ccc(C(F)(F)F)cc3)nn2CCCN2CCC(c3nc4ccccc4s3)CC2)C1. The van der Waals surface area contributed by atoms with Gasteiger partial charge in [-0.05, 0) is 63.2 Å². The monoisotopic (exact) mass is 603 g/mol. The molecule has 7 nitrogen and oxygen atoms in total. The number of hydrogen-bond acceptors (Lipinski definition) is 6. The van der Waals surface area contributed by atoms with Gasteiger partial charge in [0.25, 0.3) is 0 Å². The lowest BCUT2D eigenvalue weighted by Crippen LogP contribution is -2.36. The van der Waals surface area contributed by atoms with E-state index < -0.39 is 21.8 Å². The third-order valence-corrected chi connectivity index (χ3v) is 10.6. The highest BCUT2D eigenvalue weighted by Crippen LogP contribution is 2.36. The molecule has 1 fully saturated rings. The van der Waals surface area contributed by atoms with Crippen molar-refractivity contribution in [1.29, 1.82) is 0 Å². The largest absolute Gasteiger partial charge is 0.416 e. The molecule has 0 saturated carbocycles. The van der Waals surface area contributed by atoms with Gasteiger partial charge in [-0.2, -0.15) is 22.6 Å². The number of alkyl halides is 3. The molecule has 1 saturated heterocycles. The topological polar surface area (TPSA) is 71.3 Å². The van der Waals surface area contributed by atoms with Crippen LogP contribution in [-0.4, -0.2) is 64.8 Å². The smallest absolute Gasteiger partial charge is 0.303 e. The molecule has 0 aliphatic carbocycles. The molecule has 0 N–H and O–H groups in total. The van der Waals surface area contributed by atoms with Gasteiger partial charge in [0.05, 0.1) is 32.7 Å². The fraction of sp³-hybridized carbons (Fsp3) is 0.448. The fourth-order valence-electron chi connectivity index (χ4n) is 5.90. The molecule has 2 aromatic heterocycles. The van der Waals surface area contributed by atoms with Crippen LogP contribution in [0.15, 0.2) is 48.5 Å². The van der Waals surface area contributed by atoms with E-state index in [0.717, 1.165) is 67.8 Å². The molecule has 0 bridgehead atoms. The quantitative estimate of drug-likeness (QED) is 0.269. The minimum Gasteiger partial charge on any atom is -0.303 e. The van der Waals surface area contributed by atoms with Crippen molar-refractivity contribution >= 4 is 31.6 Å². The first-order valence-electron chi connectivity index (χ1n) is 13.9. The van der Waals surface area contributed by atoms with Crippen molar-refractivity contribution in [1.82, 2.24) is 24.0 Å². The Morgan fingerprint density at radius 2 is 1.73 bits per heavy atom. The minimum atomic E-state index is -4.42. The molecule has 0 spiro atoms. The number of benzene rings is 2. The predicted molar refractivity (Wildman–Crippen MR) is 154 cm³/mol. The van der Waals surface area contributed by atoms with E-state index in [2.05, 4.69) is 23.1 Å². The van der Waals surface area contributed by atoms with Crippen LogP contribution < -0.4 is 0 Å². The van der Waals surface area contributed by atoms with Gasteiger partial charge in [0.15, 0.2) is 0 Å². The Morgan fingerprint density at radius 1 is 1.00 bits per heavy atom. The number of hydrogen-bond donors (Lipinski definition) is 0. The summed E-state index contributed by atoms with van der Waals surface area (Å²) in [6, 6.07) is 13.2. The number of rotatable bonds is 7. The van der Waals surface area contributed by atoms with Crippen molar-refractivity contribution in [2.45, 2.75) is 50.9 Å². The molecule has 12 heteroatoms. The number of piperidine rings is 1. The molecule has 0 amide bonds. The lowest BCUT2D eigenvalue weighted by atomic mass is 9.97. The summed E-state index contributed by atoms with van der Waals surface area (Å²) >= 11 is 1.80. The Morgan fingerprint density at radius 3 is 2.41 bits per heavy atom. The molecule has 0 radical (unpaired) electrons. The van der Waals surface area contributed by atoms with Gasteiger partial charge < -0.3 is 4.90 Å². The average molecular weight is 604 g/mol. The summed E-state index contributed by atoms with van der Waals surface area (Å²) in [5.41, 5.74) is 3.21. The van der Waals surface area contributed by atoms with Crippen molar-refractivity contribution < 1.29 is 21.6 Å². The van der Waals surface area contributed by atoms with Crippen LogP contribution in [-0.2, 0) is 35.7 Å². The Bertz CT molecular complexity index is 1610. The standard InChI is InChI=1S/C29H32F3N5O2S2/c1-41(38,39)36-18-13-25-23(19-36)27(20-7-9-22(10-8-20)29(30,31)32)34-37(25)15-4-14-35-16-11-21(12-17-35)28-33-24-5-2-3-6-26(24)40-28/h2-3,5-10,21H,4,11-19H2,1H3. The summed E-state index contributed by atoms with van der Waals surface area (Å²) in [7, 11) is -3.41. The van der Waals surface area contributed by atoms with Crippen LogP contribution >= 0.6 is 11.3 Å². The highest BCUT2D eigenvalue weighted by Gasteiger charge is 2.32. The normalized spacial score (nSPS) is 17.8. The zero-order valence-electron chi connectivity index (χ0n) is 22.8. The van der Waals surface area contributed by atoms with E-state index in [0.29, 0.717) is 36.7 Å². The van der Waals surface area contributed by atoms with Crippen LogP contribution in [0.1, 0.15) is 47.0 Å². The van der Waals surface area contributed by atoms with Crippen LogP contribution in [0, 0.1) is 0 Å².